The molecule has 0 saturated carbocycles. The van der Waals surface area contributed by atoms with Crippen molar-refractivity contribution in [1.29, 1.82) is 0 Å². The summed E-state index contributed by atoms with van der Waals surface area (Å²) in [6.45, 7) is 0.543. The highest BCUT2D eigenvalue weighted by atomic mass is 32.2. The molecule has 5 heteroatoms. The Bertz CT molecular complexity index is 919. The van der Waals surface area contributed by atoms with Crippen molar-refractivity contribution in [2.24, 2.45) is 0 Å². The second-order valence-corrected chi connectivity index (χ2v) is 6.72. The van der Waals surface area contributed by atoms with Gasteiger partial charge in [0.05, 0.1) is 13.7 Å². The molecule has 0 N–H and O–H groups in total. The Labute approximate surface area is 156 Å². The van der Waals surface area contributed by atoms with Crippen LogP contribution in [-0.2, 0) is 9.53 Å². The van der Waals surface area contributed by atoms with Gasteiger partial charge in [-0.15, -0.1) is 11.8 Å². The molecule has 4 nitrogen and oxygen atoms in total. The largest absolute Gasteiger partial charge is 0.493 e. The number of ether oxygens (including phenoxy) is 2. The highest BCUT2D eigenvalue weighted by molar-refractivity contribution is 7.99. The van der Waals surface area contributed by atoms with Crippen molar-refractivity contribution in [3.05, 3.63) is 72.3 Å². The van der Waals surface area contributed by atoms with Crippen LogP contribution in [0.2, 0.25) is 0 Å². The molecule has 3 rings (SSSR count). The summed E-state index contributed by atoms with van der Waals surface area (Å²) in [7, 11) is 1.19. The number of carbonyl (C=O) groups excluding carboxylic acids is 2. The van der Waals surface area contributed by atoms with Crippen molar-refractivity contribution in [1.82, 2.24) is 0 Å². The molecule has 0 saturated heterocycles. The van der Waals surface area contributed by atoms with E-state index in [2.05, 4.69) is 35.1 Å². The number of hydrogen-bond acceptors (Lipinski definition) is 5. The molecule has 26 heavy (non-hydrogen) atoms. The maximum absolute atomic E-state index is 11.7. The molecule has 0 aromatic heterocycles. The van der Waals surface area contributed by atoms with Gasteiger partial charge in [-0.2, -0.15) is 0 Å². The Balaban J connectivity index is 1.50. The quantitative estimate of drug-likeness (QED) is 0.204. The molecule has 0 heterocycles. The van der Waals surface area contributed by atoms with Crippen LogP contribution in [0.15, 0.2) is 71.6 Å². The molecule has 0 radical (unpaired) electrons. The van der Waals surface area contributed by atoms with Gasteiger partial charge in [-0.05, 0) is 47.2 Å². The van der Waals surface area contributed by atoms with Gasteiger partial charge in [0.1, 0.15) is 5.75 Å². The Morgan fingerprint density at radius 3 is 2.38 bits per heavy atom. The van der Waals surface area contributed by atoms with Crippen molar-refractivity contribution in [2.45, 2.75) is 4.90 Å². The van der Waals surface area contributed by atoms with Gasteiger partial charge in [-0.25, -0.2) is 4.79 Å². The van der Waals surface area contributed by atoms with Crippen LogP contribution in [0.4, 0.5) is 0 Å². The average Bonchev–Trinajstić information content (AvgIpc) is 2.70. The molecule has 0 unspecified atom stereocenters. The highest BCUT2D eigenvalue weighted by Gasteiger charge is 2.16. The van der Waals surface area contributed by atoms with Crippen LogP contribution in [0.3, 0.4) is 0 Å². The molecule has 0 spiro atoms. The second kappa shape index (κ2) is 8.54. The first-order valence-corrected chi connectivity index (χ1v) is 9.13. The molecule has 3 aromatic rings. The number of rotatable bonds is 7. The number of carbonyl (C=O) groups is 2. The molecule has 132 valence electrons. The first-order chi connectivity index (χ1) is 12.7. The first-order valence-electron chi connectivity index (χ1n) is 8.14. The fourth-order valence-electron chi connectivity index (χ4n) is 2.49. The fraction of sp³-hybridized carbons (Fsp3) is 0.143. The standard InChI is InChI=1S/C21H18O4S/c1-24-21(23)20(22)16-6-9-18(10-7-16)25-12-13-26-19-11-8-15-4-2-3-5-17(15)14-19/h2-11,14H,12-13H2,1H3. The molecular formula is C21H18O4S. The molecule has 0 atom stereocenters. The van der Waals surface area contributed by atoms with Gasteiger partial charge in [0.25, 0.3) is 5.78 Å². The topological polar surface area (TPSA) is 52.6 Å². The summed E-state index contributed by atoms with van der Waals surface area (Å²) in [6, 6.07) is 21.2. The van der Waals surface area contributed by atoms with Crippen LogP contribution in [0.5, 0.6) is 5.75 Å². The van der Waals surface area contributed by atoms with Gasteiger partial charge in [0.2, 0.25) is 0 Å². The number of hydrogen-bond donors (Lipinski definition) is 0. The minimum atomic E-state index is -0.870. The Hall–Kier alpha value is -2.79. The van der Waals surface area contributed by atoms with E-state index in [-0.39, 0.29) is 5.56 Å². The molecule has 0 aliphatic carbocycles. The summed E-state index contributed by atoms with van der Waals surface area (Å²) in [4.78, 5) is 24.1. The Kier molecular flexibility index (Phi) is 5.92. The highest BCUT2D eigenvalue weighted by Crippen LogP contribution is 2.23. The van der Waals surface area contributed by atoms with Crippen LogP contribution in [0.25, 0.3) is 10.8 Å². The van der Waals surface area contributed by atoms with E-state index in [1.807, 2.05) is 12.1 Å². The summed E-state index contributed by atoms with van der Waals surface area (Å²) in [5.74, 6) is -0.0665. The molecule has 0 bridgehead atoms. The van der Waals surface area contributed by atoms with Crippen LogP contribution in [-0.4, -0.2) is 31.2 Å². The first kappa shape index (κ1) is 18.0. The zero-order valence-electron chi connectivity index (χ0n) is 14.3. The van der Waals surface area contributed by atoms with E-state index in [4.69, 9.17) is 4.74 Å². The van der Waals surface area contributed by atoms with Gasteiger partial charge in [-0.1, -0.05) is 30.3 Å². The van der Waals surface area contributed by atoms with Gasteiger partial charge in [0, 0.05) is 16.2 Å². The maximum atomic E-state index is 11.7. The third kappa shape index (κ3) is 4.43. The maximum Gasteiger partial charge on any atom is 0.379 e. The molecule has 3 aromatic carbocycles. The zero-order chi connectivity index (χ0) is 18.4. The third-order valence-electron chi connectivity index (χ3n) is 3.83. The number of thioether (sulfide) groups is 1. The van der Waals surface area contributed by atoms with Crippen LogP contribution < -0.4 is 4.74 Å². The number of esters is 1. The molecule has 0 amide bonds. The summed E-state index contributed by atoms with van der Waals surface area (Å²) in [6.07, 6.45) is 0. The van der Waals surface area contributed by atoms with Crippen molar-refractivity contribution >= 4 is 34.3 Å². The lowest BCUT2D eigenvalue weighted by Gasteiger charge is -2.07. The van der Waals surface area contributed by atoms with E-state index in [1.54, 1.807) is 36.0 Å². The van der Waals surface area contributed by atoms with Crippen molar-refractivity contribution in [3.8, 4) is 5.75 Å². The lowest BCUT2D eigenvalue weighted by Crippen LogP contribution is -2.15. The average molecular weight is 366 g/mol. The monoisotopic (exact) mass is 366 g/mol. The summed E-state index contributed by atoms with van der Waals surface area (Å²) in [5, 5.41) is 2.46. The minimum Gasteiger partial charge on any atom is -0.493 e. The Morgan fingerprint density at radius 2 is 1.65 bits per heavy atom. The van der Waals surface area contributed by atoms with Crippen molar-refractivity contribution in [2.75, 3.05) is 19.5 Å². The normalized spacial score (nSPS) is 10.5. The number of benzene rings is 3. The van der Waals surface area contributed by atoms with E-state index in [0.29, 0.717) is 12.4 Å². The number of methoxy groups -OCH3 is 1. The van der Waals surface area contributed by atoms with E-state index in [0.717, 1.165) is 5.75 Å². The van der Waals surface area contributed by atoms with E-state index >= 15 is 0 Å². The van der Waals surface area contributed by atoms with Crippen molar-refractivity contribution < 1.29 is 19.1 Å². The second-order valence-electron chi connectivity index (χ2n) is 5.55. The summed E-state index contributed by atoms with van der Waals surface area (Å²) < 4.78 is 10.1. The van der Waals surface area contributed by atoms with E-state index < -0.39 is 11.8 Å². The smallest absolute Gasteiger partial charge is 0.379 e. The Morgan fingerprint density at radius 1 is 0.923 bits per heavy atom. The molecule has 0 fully saturated rings. The lowest BCUT2D eigenvalue weighted by molar-refractivity contribution is -0.135. The third-order valence-corrected chi connectivity index (χ3v) is 4.79. The van der Waals surface area contributed by atoms with E-state index in [9.17, 15) is 9.59 Å². The number of fused-ring (bicyclic) bond motifs is 1. The number of ketones is 1. The lowest BCUT2D eigenvalue weighted by atomic mass is 10.1. The predicted molar refractivity (Wildman–Crippen MR) is 103 cm³/mol. The summed E-state index contributed by atoms with van der Waals surface area (Å²) in [5.41, 5.74) is 0.287. The zero-order valence-corrected chi connectivity index (χ0v) is 15.1. The SMILES string of the molecule is COC(=O)C(=O)c1ccc(OCCSc2ccc3ccccc3c2)cc1. The van der Waals surface area contributed by atoms with Crippen LogP contribution in [0.1, 0.15) is 10.4 Å². The molecular weight excluding hydrogens is 348 g/mol. The van der Waals surface area contributed by atoms with Crippen LogP contribution >= 0.6 is 11.8 Å². The fourth-order valence-corrected chi connectivity index (χ4v) is 3.27. The minimum absolute atomic E-state index is 0.287. The van der Waals surface area contributed by atoms with Gasteiger partial charge >= 0.3 is 5.97 Å². The van der Waals surface area contributed by atoms with Crippen molar-refractivity contribution in [3.63, 3.8) is 0 Å². The van der Waals surface area contributed by atoms with Gasteiger partial charge in [-0.3, -0.25) is 4.79 Å². The van der Waals surface area contributed by atoms with Gasteiger partial charge in [0.15, 0.2) is 0 Å². The summed E-state index contributed by atoms with van der Waals surface area (Å²) >= 11 is 1.73. The molecule has 0 aliphatic rings. The molecule has 0 aliphatic heterocycles. The van der Waals surface area contributed by atoms with E-state index in [1.165, 1.54) is 22.8 Å². The van der Waals surface area contributed by atoms with Gasteiger partial charge < -0.3 is 9.47 Å². The predicted octanol–water partition coefficient (Wildman–Crippen LogP) is 4.37. The number of Topliss-reactive ketones (excluding diaryl/α,β-unsaturated/α-hetero) is 1. The van der Waals surface area contributed by atoms with Crippen LogP contribution in [0, 0.1) is 0 Å².